The molecule has 0 saturated heterocycles. The molecule has 0 atom stereocenters. The Morgan fingerprint density at radius 2 is 0.706 bits per heavy atom. The predicted molar refractivity (Wildman–Crippen MR) is 76.3 cm³/mol. The van der Waals surface area contributed by atoms with Gasteiger partial charge in [-0.05, 0) is 0 Å². The van der Waals surface area contributed by atoms with Gasteiger partial charge in [0.25, 0.3) is 0 Å². The molecule has 0 fully saturated rings. The molecular formula is C15H34O2. The van der Waals surface area contributed by atoms with Gasteiger partial charge in [-0.1, -0.05) is 84.5 Å². The molecule has 0 aromatic carbocycles. The lowest BCUT2D eigenvalue weighted by molar-refractivity contribution is 0.186. The smallest absolute Gasteiger partial charge is 0.0662 e. The first-order chi connectivity index (χ1) is 8.33. The lowest BCUT2D eigenvalue weighted by Gasteiger charge is -2.00. The minimum absolute atomic E-state index is 0.125. The zero-order valence-electron chi connectivity index (χ0n) is 12.1. The van der Waals surface area contributed by atoms with Crippen LogP contribution in [-0.2, 0) is 0 Å². The summed E-state index contributed by atoms with van der Waals surface area (Å²) in [6.07, 6.45) is 15.9. The number of rotatable bonds is 11. The Morgan fingerprint density at radius 3 is 0.882 bits per heavy atom. The van der Waals surface area contributed by atoms with Gasteiger partial charge in [0, 0.05) is 0 Å². The highest BCUT2D eigenvalue weighted by atomic mass is 16.3. The Balaban J connectivity index is 0. The van der Waals surface area contributed by atoms with Crippen LogP contribution in [-0.4, -0.2) is 23.4 Å². The second-order valence-corrected chi connectivity index (χ2v) is 4.63. The van der Waals surface area contributed by atoms with Crippen molar-refractivity contribution in [3.05, 3.63) is 0 Å². The highest BCUT2D eigenvalue weighted by Crippen LogP contribution is 2.10. The molecule has 0 rings (SSSR count). The number of hydrogen-bond donors (Lipinski definition) is 2. The van der Waals surface area contributed by atoms with Gasteiger partial charge in [0.05, 0.1) is 13.2 Å². The van der Waals surface area contributed by atoms with E-state index >= 15 is 0 Å². The summed E-state index contributed by atoms with van der Waals surface area (Å²) in [4.78, 5) is 0. The molecule has 0 aliphatic rings. The molecule has 0 radical (unpaired) electrons. The maximum absolute atomic E-state index is 7.62. The van der Waals surface area contributed by atoms with Gasteiger partial charge in [-0.2, -0.15) is 0 Å². The third kappa shape index (κ3) is 25.9. The van der Waals surface area contributed by atoms with Crippen LogP contribution in [0.4, 0.5) is 0 Å². The van der Waals surface area contributed by atoms with E-state index < -0.39 is 0 Å². The average molecular weight is 246 g/mol. The molecule has 0 bridgehead atoms. The van der Waals surface area contributed by atoms with E-state index in [9.17, 15) is 0 Å². The van der Waals surface area contributed by atoms with Crippen LogP contribution in [0.1, 0.15) is 84.5 Å². The lowest BCUT2D eigenvalue weighted by atomic mass is 10.1. The Kier molecular flexibility index (Phi) is 24.1. The van der Waals surface area contributed by atoms with E-state index in [2.05, 4.69) is 13.8 Å². The van der Waals surface area contributed by atoms with Gasteiger partial charge in [-0.3, -0.25) is 0 Å². The first-order valence-electron chi connectivity index (χ1n) is 7.55. The molecule has 0 amide bonds. The second-order valence-electron chi connectivity index (χ2n) is 4.63. The molecule has 17 heavy (non-hydrogen) atoms. The molecule has 2 N–H and O–H groups in total. The van der Waals surface area contributed by atoms with Crippen LogP contribution in [0.25, 0.3) is 0 Å². The predicted octanol–water partition coefficient (Wildman–Crippen LogP) is 4.29. The van der Waals surface area contributed by atoms with Crippen LogP contribution >= 0.6 is 0 Å². The summed E-state index contributed by atoms with van der Waals surface area (Å²) in [5.74, 6) is 0. The van der Waals surface area contributed by atoms with Crippen molar-refractivity contribution in [1.82, 2.24) is 0 Å². The molecule has 106 valence electrons. The van der Waals surface area contributed by atoms with Gasteiger partial charge in [-0.25, -0.2) is 0 Å². The quantitative estimate of drug-likeness (QED) is 0.534. The minimum atomic E-state index is -0.125. The van der Waals surface area contributed by atoms with Gasteiger partial charge in [0.1, 0.15) is 0 Å². The maximum atomic E-state index is 7.62. The lowest BCUT2D eigenvalue weighted by Crippen LogP contribution is -1.85. The normalized spacial score (nSPS) is 9.88. The van der Waals surface area contributed by atoms with Crippen LogP contribution in [0.5, 0.6) is 0 Å². The van der Waals surface area contributed by atoms with Crippen LogP contribution in [0.2, 0.25) is 0 Å². The second kappa shape index (κ2) is 21.2. The fourth-order valence-corrected chi connectivity index (χ4v) is 1.74. The molecule has 2 heteroatoms. The molecule has 0 aromatic heterocycles. The zero-order chi connectivity index (χ0) is 13.2. The first-order valence-corrected chi connectivity index (χ1v) is 7.55. The summed E-state index contributed by atoms with van der Waals surface area (Å²) < 4.78 is 0. The first kappa shape index (κ1) is 19.3. The van der Waals surface area contributed by atoms with Crippen molar-refractivity contribution in [2.75, 3.05) is 13.2 Å². The van der Waals surface area contributed by atoms with Crippen LogP contribution < -0.4 is 0 Å². The number of hydrogen-bond acceptors (Lipinski definition) is 2. The summed E-state index contributed by atoms with van der Waals surface area (Å²) in [7, 11) is 0. The van der Waals surface area contributed by atoms with Crippen molar-refractivity contribution in [2.45, 2.75) is 84.5 Å². The largest absolute Gasteiger partial charge is 0.394 e. The Labute approximate surface area is 108 Å². The third-order valence-corrected chi connectivity index (χ3v) is 2.81. The van der Waals surface area contributed by atoms with Crippen molar-refractivity contribution in [1.29, 1.82) is 0 Å². The van der Waals surface area contributed by atoms with Gasteiger partial charge in [0.15, 0.2) is 0 Å². The van der Waals surface area contributed by atoms with Gasteiger partial charge >= 0.3 is 0 Å². The summed E-state index contributed by atoms with van der Waals surface area (Å²) in [5, 5.41) is 15.2. The minimum Gasteiger partial charge on any atom is -0.394 e. The molecule has 0 aromatic rings. The Hall–Kier alpha value is -0.0800. The average Bonchev–Trinajstić information content (AvgIpc) is 2.37. The molecule has 0 unspecified atom stereocenters. The van der Waals surface area contributed by atoms with E-state index in [1.54, 1.807) is 0 Å². The highest BCUT2D eigenvalue weighted by molar-refractivity contribution is 4.46. The molecule has 2 nitrogen and oxygen atoms in total. The zero-order valence-corrected chi connectivity index (χ0v) is 12.1. The monoisotopic (exact) mass is 246 g/mol. The van der Waals surface area contributed by atoms with Gasteiger partial charge in [-0.15, -0.1) is 0 Å². The van der Waals surface area contributed by atoms with E-state index in [-0.39, 0.29) is 13.2 Å². The van der Waals surface area contributed by atoms with Crippen molar-refractivity contribution in [3.63, 3.8) is 0 Å². The molecule has 0 saturated carbocycles. The molecule has 0 spiro atoms. The van der Waals surface area contributed by atoms with Crippen molar-refractivity contribution in [3.8, 4) is 0 Å². The van der Waals surface area contributed by atoms with E-state index in [0.717, 1.165) is 0 Å². The Morgan fingerprint density at radius 1 is 0.471 bits per heavy atom. The SMILES string of the molecule is CCCCCCCCCCCCC.OCCO. The van der Waals surface area contributed by atoms with E-state index in [1.165, 1.54) is 70.6 Å². The number of aliphatic hydroxyl groups excluding tert-OH is 2. The molecule has 0 heterocycles. The number of unbranched alkanes of at least 4 members (excludes halogenated alkanes) is 10. The maximum Gasteiger partial charge on any atom is 0.0662 e. The summed E-state index contributed by atoms with van der Waals surface area (Å²) in [6, 6.07) is 0. The molecule has 0 aliphatic carbocycles. The summed E-state index contributed by atoms with van der Waals surface area (Å²) >= 11 is 0. The van der Waals surface area contributed by atoms with Gasteiger partial charge < -0.3 is 10.2 Å². The topological polar surface area (TPSA) is 40.5 Å². The molecular weight excluding hydrogens is 212 g/mol. The highest BCUT2D eigenvalue weighted by Gasteiger charge is 1.90. The third-order valence-electron chi connectivity index (χ3n) is 2.81. The van der Waals surface area contributed by atoms with Crippen molar-refractivity contribution in [2.24, 2.45) is 0 Å². The fourth-order valence-electron chi connectivity index (χ4n) is 1.74. The van der Waals surface area contributed by atoms with Crippen molar-refractivity contribution < 1.29 is 10.2 Å². The number of aliphatic hydroxyl groups is 2. The Bertz CT molecular complexity index is 93.1. The molecule has 0 aliphatic heterocycles. The van der Waals surface area contributed by atoms with Crippen LogP contribution in [0.3, 0.4) is 0 Å². The van der Waals surface area contributed by atoms with Crippen LogP contribution in [0.15, 0.2) is 0 Å². The fraction of sp³-hybridized carbons (Fsp3) is 1.00. The van der Waals surface area contributed by atoms with E-state index in [1.807, 2.05) is 0 Å². The standard InChI is InChI=1S/C13H28.C2H6O2/c1-3-5-7-9-11-13-12-10-8-6-4-2;3-1-2-4/h3-13H2,1-2H3;3-4H,1-2H2. The van der Waals surface area contributed by atoms with E-state index in [4.69, 9.17) is 10.2 Å². The summed E-state index contributed by atoms with van der Waals surface area (Å²) in [5.41, 5.74) is 0. The van der Waals surface area contributed by atoms with Gasteiger partial charge in [0.2, 0.25) is 0 Å². The van der Waals surface area contributed by atoms with E-state index in [0.29, 0.717) is 0 Å². The van der Waals surface area contributed by atoms with Crippen molar-refractivity contribution >= 4 is 0 Å². The van der Waals surface area contributed by atoms with Crippen LogP contribution in [0, 0.1) is 0 Å². The summed E-state index contributed by atoms with van der Waals surface area (Å²) in [6.45, 7) is 4.31.